The molecule has 3 aromatic rings. The molecule has 0 amide bonds. The molecule has 1 aliphatic carbocycles. The van der Waals surface area contributed by atoms with Crippen molar-refractivity contribution in [3.63, 3.8) is 0 Å². The minimum atomic E-state index is -0.392. The molecule has 3 atom stereocenters. The van der Waals surface area contributed by atoms with E-state index in [1.165, 1.54) is 11.1 Å². The molecule has 3 aromatic carbocycles. The zero-order valence-corrected chi connectivity index (χ0v) is 18.7. The molecule has 32 heavy (non-hydrogen) atoms. The smallest absolute Gasteiger partial charge is 0.158 e. The summed E-state index contributed by atoms with van der Waals surface area (Å²) >= 11 is 0. The molecular formula is C28H30O4. The third-order valence-corrected chi connectivity index (χ3v) is 5.99. The molecule has 2 unspecified atom stereocenters. The van der Waals surface area contributed by atoms with Crippen molar-refractivity contribution >= 4 is 5.78 Å². The molecular weight excluding hydrogens is 400 g/mol. The summed E-state index contributed by atoms with van der Waals surface area (Å²) in [5, 5.41) is 0. The van der Waals surface area contributed by atoms with Crippen molar-refractivity contribution in [3.05, 3.63) is 84.4 Å². The predicted octanol–water partition coefficient (Wildman–Crippen LogP) is 5.88. The maximum Gasteiger partial charge on any atom is 0.158 e. The van der Waals surface area contributed by atoms with Crippen LogP contribution in [0.1, 0.15) is 31.7 Å². The van der Waals surface area contributed by atoms with E-state index in [2.05, 4.69) is 36.4 Å². The van der Waals surface area contributed by atoms with E-state index in [9.17, 15) is 4.79 Å². The third-order valence-electron chi connectivity index (χ3n) is 5.99. The maximum atomic E-state index is 11.6. The van der Waals surface area contributed by atoms with E-state index in [0.29, 0.717) is 6.42 Å². The van der Waals surface area contributed by atoms with E-state index in [1.807, 2.05) is 42.5 Å². The Labute approximate surface area is 190 Å². The van der Waals surface area contributed by atoms with Crippen molar-refractivity contribution < 1.29 is 19.0 Å². The van der Waals surface area contributed by atoms with Gasteiger partial charge in [-0.15, -0.1) is 0 Å². The number of benzene rings is 3. The predicted molar refractivity (Wildman–Crippen MR) is 126 cm³/mol. The van der Waals surface area contributed by atoms with Crippen LogP contribution in [-0.2, 0) is 16.0 Å². The highest BCUT2D eigenvalue weighted by Gasteiger charge is 2.27. The SMILES string of the molecule is CO[C@@H](Cc1ccc(OC2CCC(Oc3ccc(-c4ccccc4)cc3)C2)cc1)C(C)=O. The van der Waals surface area contributed by atoms with E-state index < -0.39 is 6.10 Å². The van der Waals surface area contributed by atoms with Crippen LogP contribution in [0.5, 0.6) is 11.5 Å². The van der Waals surface area contributed by atoms with Gasteiger partial charge in [-0.05, 0) is 60.7 Å². The van der Waals surface area contributed by atoms with Crippen LogP contribution in [-0.4, -0.2) is 31.2 Å². The van der Waals surface area contributed by atoms with Crippen molar-refractivity contribution in [3.8, 4) is 22.6 Å². The molecule has 1 aliphatic rings. The monoisotopic (exact) mass is 430 g/mol. The maximum absolute atomic E-state index is 11.6. The second kappa shape index (κ2) is 10.5. The van der Waals surface area contributed by atoms with Gasteiger partial charge < -0.3 is 14.2 Å². The zero-order chi connectivity index (χ0) is 22.3. The average Bonchev–Trinajstić information content (AvgIpc) is 3.26. The molecule has 1 fully saturated rings. The summed E-state index contributed by atoms with van der Waals surface area (Å²) in [6, 6.07) is 26.6. The second-order valence-electron chi connectivity index (χ2n) is 8.37. The molecule has 1 saturated carbocycles. The van der Waals surface area contributed by atoms with Gasteiger partial charge in [0, 0.05) is 20.0 Å². The first-order valence-corrected chi connectivity index (χ1v) is 11.2. The number of carbonyl (C=O) groups excluding carboxylic acids is 1. The Balaban J connectivity index is 1.27. The lowest BCUT2D eigenvalue weighted by Gasteiger charge is -2.16. The summed E-state index contributed by atoms with van der Waals surface area (Å²) in [5.41, 5.74) is 3.46. The quantitative estimate of drug-likeness (QED) is 0.425. The standard InChI is InChI=1S/C28H30O4/c1-20(29)28(30-2)18-21-8-12-24(13-9-21)31-26-16-17-27(19-26)32-25-14-10-23(11-15-25)22-6-4-3-5-7-22/h3-15,26-28H,16-19H2,1-2H3/t26?,27?,28-/m0/s1. The number of hydrogen-bond donors (Lipinski definition) is 0. The highest BCUT2D eigenvalue weighted by atomic mass is 16.5. The Hall–Kier alpha value is -3.11. The number of ether oxygens (including phenoxy) is 3. The highest BCUT2D eigenvalue weighted by molar-refractivity contribution is 5.80. The minimum absolute atomic E-state index is 0.0412. The van der Waals surface area contributed by atoms with Gasteiger partial charge >= 0.3 is 0 Å². The molecule has 0 radical (unpaired) electrons. The normalized spacial score (nSPS) is 18.8. The van der Waals surface area contributed by atoms with Gasteiger partial charge in [0.05, 0.1) is 0 Å². The summed E-state index contributed by atoms with van der Waals surface area (Å²) in [7, 11) is 1.57. The van der Waals surface area contributed by atoms with E-state index in [-0.39, 0.29) is 18.0 Å². The van der Waals surface area contributed by atoms with Crippen LogP contribution in [0.4, 0.5) is 0 Å². The fraction of sp³-hybridized carbons (Fsp3) is 0.321. The Bertz CT molecular complexity index is 996. The van der Waals surface area contributed by atoms with Crippen LogP contribution in [0.2, 0.25) is 0 Å². The van der Waals surface area contributed by atoms with Crippen molar-refractivity contribution in [1.82, 2.24) is 0 Å². The van der Waals surface area contributed by atoms with Gasteiger partial charge in [-0.2, -0.15) is 0 Å². The van der Waals surface area contributed by atoms with E-state index >= 15 is 0 Å². The number of methoxy groups -OCH3 is 1. The number of rotatable bonds is 9. The summed E-state index contributed by atoms with van der Waals surface area (Å²) in [6.45, 7) is 1.56. The molecule has 0 N–H and O–H groups in total. The zero-order valence-electron chi connectivity index (χ0n) is 18.7. The van der Waals surface area contributed by atoms with Crippen LogP contribution in [0, 0.1) is 0 Å². The first-order chi connectivity index (χ1) is 15.6. The lowest BCUT2D eigenvalue weighted by atomic mass is 10.1. The van der Waals surface area contributed by atoms with Crippen LogP contribution >= 0.6 is 0 Å². The molecule has 0 saturated heterocycles. The number of Topliss-reactive ketones (excluding diaryl/α,β-unsaturated/α-hetero) is 1. The summed E-state index contributed by atoms with van der Waals surface area (Å²) < 4.78 is 17.6. The number of carbonyl (C=O) groups is 1. The molecule has 0 spiro atoms. The summed E-state index contributed by atoms with van der Waals surface area (Å²) in [5.74, 6) is 1.79. The van der Waals surface area contributed by atoms with Gasteiger partial charge in [-0.1, -0.05) is 54.6 Å². The lowest BCUT2D eigenvalue weighted by Crippen LogP contribution is -2.22. The first kappa shape index (κ1) is 22.1. The Kier molecular flexibility index (Phi) is 7.23. The minimum Gasteiger partial charge on any atom is -0.490 e. The van der Waals surface area contributed by atoms with E-state index in [4.69, 9.17) is 14.2 Å². The molecule has 166 valence electrons. The van der Waals surface area contributed by atoms with Gasteiger partial charge in [0.1, 0.15) is 29.8 Å². The largest absolute Gasteiger partial charge is 0.490 e. The Morgan fingerprint density at radius 1 is 0.812 bits per heavy atom. The van der Waals surface area contributed by atoms with Crippen molar-refractivity contribution in [1.29, 1.82) is 0 Å². The van der Waals surface area contributed by atoms with Gasteiger partial charge in [0.2, 0.25) is 0 Å². The first-order valence-electron chi connectivity index (χ1n) is 11.2. The molecule has 4 heteroatoms. The average molecular weight is 431 g/mol. The molecule has 0 aliphatic heterocycles. The van der Waals surface area contributed by atoms with Crippen LogP contribution in [0.15, 0.2) is 78.9 Å². The lowest BCUT2D eigenvalue weighted by molar-refractivity contribution is -0.126. The molecule has 0 aromatic heterocycles. The van der Waals surface area contributed by atoms with E-state index in [0.717, 1.165) is 36.3 Å². The van der Waals surface area contributed by atoms with E-state index in [1.54, 1.807) is 14.0 Å². The highest BCUT2D eigenvalue weighted by Crippen LogP contribution is 2.29. The topological polar surface area (TPSA) is 44.8 Å². The van der Waals surface area contributed by atoms with Crippen molar-refractivity contribution in [2.24, 2.45) is 0 Å². The molecule has 0 heterocycles. The van der Waals surface area contributed by atoms with Gasteiger partial charge in [0.25, 0.3) is 0 Å². The van der Waals surface area contributed by atoms with Gasteiger partial charge in [-0.25, -0.2) is 0 Å². The van der Waals surface area contributed by atoms with Crippen LogP contribution in [0.3, 0.4) is 0 Å². The molecule has 4 nitrogen and oxygen atoms in total. The fourth-order valence-corrected chi connectivity index (χ4v) is 4.17. The van der Waals surface area contributed by atoms with Gasteiger partial charge in [0.15, 0.2) is 5.78 Å². The number of hydrogen-bond acceptors (Lipinski definition) is 4. The Morgan fingerprint density at radius 3 is 1.88 bits per heavy atom. The molecule has 0 bridgehead atoms. The second-order valence-corrected chi connectivity index (χ2v) is 8.37. The summed E-state index contributed by atoms with van der Waals surface area (Å²) in [6.07, 6.45) is 3.34. The Morgan fingerprint density at radius 2 is 1.34 bits per heavy atom. The van der Waals surface area contributed by atoms with Crippen LogP contribution < -0.4 is 9.47 Å². The van der Waals surface area contributed by atoms with Crippen LogP contribution in [0.25, 0.3) is 11.1 Å². The van der Waals surface area contributed by atoms with Crippen molar-refractivity contribution in [2.75, 3.05) is 7.11 Å². The molecule has 4 rings (SSSR count). The van der Waals surface area contributed by atoms with Crippen molar-refractivity contribution in [2.45, 2.75) is 50.9 Å². The fourth-order valence-electron chi connectivity index (χ4n) is 4.17. The van der Waals surface area contributed by atoms with Gasteiger partial charge in [-0.3, -0.25) is 4.79 Å². The number of ketones is 1. The third kappa shape index (κ3) is 5.77. The summed E-state index contributed by atoms with van der Waals surface area (Å²) in [4.78, 5) is 11.6.